The average molecular weight is 275 g/mol. The van der Waals surface area contributed by atoms with Gasteiger partial charge >= 0.3 is 0 Å². The molecule has 20 heavy (non-hydrogen) atoms. The fourth-order valence-corrected chi connectivity index (χ4v) is 2.43. The molecular weight excluding hydrogens is 250 g/mol. The Morgan fingerprint density at radius 2 is 2.00 bits per heavy atom. The van der Waals surface area contributed by atoms with Gasteiger partial charge in [-0.05, 0) is 55.7 Å². The Morgan fingerprint density at radius 3 is 2.60 bits per heavy atom. The van der Waals surface area contributed by atoms with Crippen LogP contribution in [0.5, 0.6) is 5.75 Å². The third-order valence-corrected chi connectivity index (χ3v) is 4.09. The van der Waals surface area contributed by atoms with Crippen LogP contribution in [0.2, 0.25) is 0 Å². The van der Waals surface area contributed by atoms with Gasteiger partial charge in [-0.15, -0.1) is 0 Å². The number of nitrogens with one attached hydrogen (secondary N) is 1. The lowest BCUT2D eigenvalue weighted by Crippen LogP contribution is -2.31. The minimum atomic E-state index is 0.205. The van der Waals surface area contributed by atoms with Crippen LogP contribution in [0.4, 0.5) is 0 Å². The predicted octanol–water partition coefficient (Wildman–Crippen LogP) is 3.18. The number of aryl methyl sites for hydroxylation is 1. The molecule has 1 fully saturated rings. The number of carbonyl (C=O) groups is 1. The van der Waals surface area contributed by atoms with E-state index >= 15 is 0 Å². The first-order valence-corrected chi connectivity index (χ1v) is 7.61. The van der Waals surface area contributed by atoms with E-state index in [4.69, 9.17) is 4.74 Å². The smallest absolute Gasteiger partial charge is 0.223 e. The molecule has 0 bridgehead atoms. The number of hydrogen-bond donors (Lipinski definition) is 1. The maximum Gasteiger partial charge on any atom is 0.223 e. The van der Waals surface area contributed by atoms with E-state index in [1.807, 2.05) is 19.1 Å². The second kappa shape index (κ2) is 7.32. The van der Waals surface area contributed by atoms with Crippen molar-refractivity contribution in [3.05, 3.63) is 29.8 Å². The molecule has 1 unspecified atom stereocenters. The molecule has 0 aliphatic heterocycles. The van der Waals surface area contributed by atoms with Gasteiger partial charge in [0.05, 0.1) is 7.11 Å². The van der Waals surface area contributed by atoms with E-state index in [0.717, 1.165) is 31.6 Å². The molecule has 2 rings (SSSR count). The summed E-state index contributed by atoms with van der Waals surface area (Å²) in [6.07, 6.45) is 5.65. The first-order valence-electron chi connectivity index (χ1n) is 7.61. The summed E-state index contributed by atoms with van der Waals surface area (Å²) in [5.41, 5.74) is 1.32. The van der Waals surface area contributed by atoms with Crippen molar-refractivity contribution in [1.82, 2.24) is 5.32 Å². The Hall–Kier alpha value is -1.51. The SMILES string of the molecule is COc1ccc(CCCCNC(=O)C(C)C2CC2)cc1. The first-order chi connectivity index (χ1) is 9.70. The lowest BCUT2D eigenvalue weighted by molar-refractivity contribution is -0.125. The molecule has 1 aromatic carbocycles. The Kier molecular flexibility index (Phi) is 5.45. The van der Waals surface area contributed by atoms with Crippen molar-refractivity contribution in [3.63, 3.8) is 0 Å². The first kappa shape index (κ1) is 14.9. The summed E-state index contributed by atoms with van der Waals surface area (Å²) in [7, 11) is 1.68. The van der Waals surface area contributed by atoms with Crippen molar-refractivity contribution in [2.24, 2.45) is 11.8 Å². The number of benzene rings is 1. The van der Waals surface area contributed by atoms with E-state index in [9.17, 15) is 4.79 Å². The fraction of sp³-hybridized carbons (Fsp3) is 0.588. The summed E-state index contributed by atoms with van der Waals surface area (Å²) in [4.78, 5) is 11.8. The number of unbranched alkanes of at least 4 members (excludes halogenated alkanes) is 1. The summed E-state index contributed by atoms with van der Waals surface area (Å²) in [6.45, 7) is 2.84. The molecule has 1 aromatic rings. The number of amides is 1. The van der Waals surface area contributed by atoms with Crippen molar-refractivity contribution in [3.8, 4) is 5.75 Å². The van der Waals surface area contributed by atoms with Crippen LogP contribution in [-0.4, -0.2) is 19.6 Å². The number of methoxy groups -OCH3 is 1. The van der Waals surface area contributed by atoms with E-state index in [0.29, 0.717) is 5.92 Å². The van der Waals surface area contributed by atoms with Crippen molar-refractivity contribution in [2.45, 2.75) is 39.0 Å². The summed E-state index contributed by atoms with van der Waals surface area (Å²) < 4.78 is 5.14. The van der Waals surface area contributed by atoms with Crippen LogP contribution < -0.4 is 10.1 Å². The van der Waals surface area contributed by atoms with E-state index in [-0.39, 0.29) is 11.8 Å². The number of ether oxygens (including phenoxy) is 1. The van der Waals surface area contributed by atoms with Crippen LogP contribution in [0.25, 0.3) is 0 Å². The van der Waals surface area contributed by atoms with Crippen LogP contribution >= 0.6 is 0 Å². The Morgan fingerprint density at radius 1 is 1.30 bits per heavy atom. The van der Waals surface area contributed by atoms with E-state index in [1.54, 1.807) is 7.11 Å². The van der Waals surface area contributed by atoms with Crippen LogP contribution in [0.1, 0.15) is 38.2 Å². The Bertz CT molecular complexity index is 423. The highest BCUT2D eigenvalue weighted by Gasteiger charge is 2.32. The third-order valence-electron chi connectivity index (χ3n) is 4.09. The maximum absolute atomic E-state index is 11.8. The van der Waals surface area contributed by atoms with Gasteiger partial charge in [0.25, 0.3) is 0 Å². The minimum absolute atomic E-state index is 0.205. The number of rotatable bonds is 8. The molecule has 1 atom stereocenters. The molecule has 1 N–H and O–H groups in total. The van der Waals surface area contributed by atoms with Gasteiger partial charge in [0, 0.05) is 12.5 Å². The third kappa shape index (κ3) is 4.55. The molecule has 0 saturated heterocycles. The molecule has 0 heterocycles. The van der Waals surface area contributed by atoms with Crippen LogP contribution in [-0.2, 0) is 11.2 Å². The fourth-order valence-electron chi connectivity index (χ4n) is 2.43. The Balaban J connectivity index is 1.57. The predicted molar refractivity (Wildman–Crippen MR) is 80.8 cm³/mol. The summed E-state index contributed by atoms with van der Waals surface area (Å²) in [6, 6.07) is 8.20. The highest BCUT2D eigenvalue weighted by molar-refractivity contribution is 5.78. The quantitative estimate of drug-likeness (QED) is 0.740. The van der Waals surface area contributed by atoms with Gasteiger partial charge < -0.3 is 10.1 Å². The van der Waals surface area contributed by atoms with Crippen molar-refractivity contribution in [2.75, 3.05) is 13.7 Å². The van der Waals surface area contributed by atoms with Gasteiger partial charge in [-0.3, -0.25) is 4.79 Å². The van der Waals surface area contributed by atoms with Crippen LogP contribution in [0.15, 0.2) is 24.3 Å². The van der Waals surface area contributed by atoms with E-state index < -0.39 is 0 Å². The van der Waals surface area contributed by atoms with Gasteiger partial charge in [-0.25, -0.2) is 0 Å². The normalized spacial score (nSPS) is 15.7. The van der Waals surface area contributed by atoms with E-state index in [1.165, 1.54) is 18.4 Å². The monoisotopic (exact) mass is 275 g/mol. The van der Waals surface area contributed by atoms with Crippen molar-refractivity contribution >= 4 is 5.91 Å². The molecular formula is C17H25NO2. The lowest BCUT2D eigenvalue weighted by atomic mass is 10.1. The van der Waals surface area contributed by atoms with Crippen LogP contribution in [0, 0.1) is 11.8 Å². The van der Waals surface area contributed by atoms with Crippen molar-refractivity contribution in [1.29, 1.82) is 0 Å². The summed E-state index contributed by atoms with van der Waals surface area (Å²) in [5.74, 6) is 1.98. The highest BCUT2D eigenvalue weighted by Crippen LogP contribution is 2.36. The average Bonchev–Trinajstić information content (AvgIpc) is 3.31. The molecule has 3 nitrogen and oxygen atoms in total. The second-order valence-corrected chi connectivity index (χ2v) is 5.72. The molecule has 0 spiro atoms. The zero-order valence-corrected chi connectivity index (χ0v) is 12.5. The van der Waals surface area contributed by atoms with Gasteiger partial charge in [-0.1, -0.05) is 19.1 Å². The van der Waals surface area contributed by atoms with Gasteiger partial charge in [0.1, 0.15) is 5.75 Å². The lowest BCUT2D eigenvalue weighted by Gasteiger charge is -2.10. The number of carbonyl (C=O) groups excluding carboxylic acids is 1. The van der Waals surface area contributed by atoms with Crippen LogP contribution in [0.3, 0.4) is 0 Å². The second-order valence-electron chi connectivity index (χ2n) is 5.72. The molecule has 1 aliphatic rings. The molecule has 1 aliphatic carbocycles. The largest absolute Gasteiger partial charge is 0.497 e. The zero-order valence-electron chi connectivity index (χ0n) is 12.5. The topological polar surface area (TPSA) is 38.3 Å². The minimum Gasteiger partial charge on any atom is -0.497 e. The number of hydrogen-bond acceptors (Lipinski definition) is 2. The van der Waals surface area contributed by atoms with Gasteiger partial charge in [0.15, 0.2) is 0 Å². The standard InChI is InChI=1S/C17H25NO2/c1-13(15-8-9-15)17(19)18-12-4-3-5-14-6-10-16(20-2)11-7-14/h6-7,10-11,13,15H,3-5,8-9,12H2,1-2H3,(H,18,19). The molecule has 1 amide bonds. The zero-order chi connectivity index (χ0) is 14.4. The highest BCUT2D eigenvalue weighted by atomic mass is 16.5. The Labute approximate surface area is 121 Å². The summed E-state index contributed by atoms with van der Waals surface area (Å²) in [5, 5.41) is 3.05. The summed E-state index contributed by atoms with van der Waals surface area (Å²) >= 11 is 0. The molecule has 110 valence electrons. The van der Waals surface area contributed by atoms with Gasteiger partial charge in [-0.2, -0.15) is 0 Å². The maximum atomic E-state index is 11.8. The molecule has 3 heteroatoms. The van der Waals surface area contributed by atoms with Gasteiger partial charge in [0.2, 0.25) is 5.91 Å². The molecule has 0 radical (unpaired) electrons. The molecule has 1 saturated carbocycles. The van der Waals surface area contributed by atoms with Crippen molar-refractivity contribution < 1.29 is 9.53 Å². The molecule has 0 aromatic heterocycles. The van der Waals surface area contributed by atoms with E-state index in [2.05, 4.69) is 17.4 Å².